The lowest BCUT2D eigenvalue weighted by molar-refractivity contribution is 0.0527. The summed E-state index contributed by atoms with van der Waals surface area (Å²) in [4.78, 5) is 24.3. The van der Waals surface area contributed by atoms with E-state index in [0.717, 1.165) is 17.7 Å². The lowest BCUT2D eigenvalue weighted by Gasteiger charge is -2.08. The average molecular weight is 378 g/mol. The molecular formula is C21H22N4O3. The molecule has 7 heteroatoms. The van der Waals surface area contributed by atoms with Crippen LogP contribution in [0.4, 0.5) is 11.5 Å². The van der Waals surface area contributed by atoms with Crippen molar-refractivity contribution in [3.63, 3.8) is 0 Å². The molecule has 0 aliphatic rings. The standard InChI is InChI=1S/C21H22N4O3/c1-3-14-6-5-7-16(12-14)24-20(26)15-8-10-17(11-9-15)25-19(22)18(13-23-25)21(27)28-4-2/h5-13H,3-4,22H2,1-2H3,(H,24,26). The highest BCUT2D eigenvalue weighted by Crippen LogP contribution is 2.19. The Morgan fingerprint density at radius 2 is 1.89 bits per heavy atom. The summed E-state index contributed by atoms with van der Waals surface area (Å²) in [7, 11) is 0. The molecule has 0 saturated carbocycles. The Bertz CT molecular complexity index is 993. The number of ether oxygens (including phenoxy) is 1. The van der Waals surface area contributed by atoms with Crippen molar-refractivity contribution in [3.05, 3.63) is 71.4 Å². The molecule has 3 aromatic rings. The summed E-state index contributed by atoms with van der Waals surface area (Å²) in [6.45, 7) is 4.04. The number of hydrogen-bond acceptors (Lipinski definition) is 5. The Morgan fingerprint density at radius 3 is 2.57 bits per heavy atom. The second-order valence-electron chi connectivity index (χ2n) is 6.13. The van der Waals surface area contributed by atoms with Crippen molar-refractivity contribution in [2.45, 2.75) is 20.3 Å². The topological polar surface area (TPSA) is 99.2 Å². The highest BCUT2D eigenvalue weighted by Gasteiger charge is 2.17. The molecule has 28 heavy (non-hydrogen) atoms. The van der Waals surface area contributed by atoms with Crippen molar-refractivity contribution >= 4 is 23.4 Å². The van der Waals surface area contributed by atoms with Crippen LogP contribution in [-0.4, -0.2) is 28.3 Å². The molecule has 1 amide bonds. The van der Waals surface area contributed by atoms with E-state index >= 15 is 0 Å². The fraction of sp³-hybridized carbons (Fsp3) is 0.190. The van der Waals surface area contributed by atoms with Gasteiger partial charge in [0.05, 0.1) is 18.5 Å². The van der Waals surface area contributed by atoms with Crippen LogP contribution >= 0.6 is 0 Å². The van der Waals surface area contributed by atoms with Crippen molar-refractivity contribution in [1.82, 2.24) is 9.78 Å². The normalized spacial score (nSPS) is 10.5. The van der Waals surface area contributed by atoms with Gasteiger partial charge in [-0.1, -0.05) is 19.1 Å². The largest absolute Gasteiger partial charge is 0.462 e. The molecule has 3 N–H and O–H groups in total. The van der Waals surface area contributed by atoms with Crippen LogP contribution in [0, 0.1) is 0 Å². The van der Waals surface area contributed by atoms with E-state index in [1.807, 2.05) is 24.3 Å². The van der Waals surface area contributed by atoms with E-state index in [1.54, 1.807) is 31.2 Å². The lowest BCUT2D eigenvalue weighted by atomic mass is 10.1. The number of nitrogens with one attached hydrogen (secondary N) is 1. The van der Waals surface area contributed by atoms with Crippen molar-refractivity contribution in [2.24, 2.45) is 0 Å². The quantitative estimate of drug-likeness (QED) is 0.640. The van der Waals surface area contributed by atoms with Crippen LogP contribution in [0.25, 0.3) is 5.69 Å². The van der Waals surface area contributed by atoms with Gasteiger partial charge in [-0.25, -0.2) is 9.48 Å². The Kier molecular flexibility index (Phi) is 5.74. The number of carbonyl (C=O) groups is 2. The molecule has 0 atom stereocenters. The van der Waals surface area contributed by atoms with Crippen LogP contribution in [0.5, 0.6) is 0 Å². The molecule has 3 rings (SSSR count). The number of carbonyl (C=O) groups excluding carboxylic acids is 2. The van der Waals surface area contributed by atoms with Gasteiger partial charge in [-0.05, 0) is 55.3 Å². The first-order valence-electron chi connectivity index (χ1n) is 9.04. The average Bonchev–Trinajstić information content (AvgIpc) is 3.10. The van der Waals surface area contributed by atoms with Gasteiger partial charge in [0.25, 0.3) is 5.91 Å². The molecule has 0 radical (unpaired) electrons. The number of rotatable bonds is 6. The van der Waals surface area contributed by atoms with Gasteiger partial charge in [0, 0.05) is 11.3 Å². The maximum absolute atomic E-state index is 12.5. The third-order valence-corrected chi connectivity index (χ3v) is 4.27. The monoisotopic (exact) mass is 378 g/mol. The predicted molar refractivity (Wildman–Crippen MR) is 108 cm³/mol. The molecular weight excluding hydrogens is 356 g/mol. The summed E-state index contributed by atoms with van der Waals surface area (Å²) in [5.74, 6) is -0.538. The second kappa shape index (κ2) is 8.39. The van der Waals surface area contributed by atoms with Gasteiger partial charge in [0.2, 0.25) is 0 Å². The second-order valence-corrected chi connectivity index (χ2v) is 6.13. The SMILES string of the molecule is CCOC(=O)c1cnn(-c2ccc(C(=O)Nc3cccc(CC)c3)cc2)c1N. The maximum atomic E-state index is 12.5. The highest BCUT2D eigenvalue weighted by atomic mass is 16.5. The third-order valence-electron chi connectivity index (χ3n) is 4.27. The number of nitrogens with two attached hydrogens (primary N) is 1. The summed E-state index contributed by atoms with van der Waals surface area (Å²) in [5.41, 5.74) is 9.27. The number of esters is 1. The van der Waals surface area contributed by atoms with Crippen LogP contribution in [0.1, 0.15) is 40.1 Å². The minimum Gasteiger partial charge on any atom is -0.462 e. The van der Waals surface area contributed by atoms with Crippen molar-refractivity contribution in [2.75, 3.05) is 17.7 Å². The molecule has 7 nitrogen and oxygen atoms in total. The number of aryl methyl sites for hydroxylation is 1. The number of benzene rings is 2. The number of nitrogens with zero attached hydrogens (tertiary/aromatic N) is 2. The first-order valence-corrected chi connectivity index (χ1v) is 9.04. The molecule has 0 aliphatic carbocycles. The first-order chi connectivity index (χ1) is 13.5. The van der Waals surface area contributed by atoms with Crippen LogP contribution < -0.4 is 11.1 Å². The fourth-order valence-corrected chi connectivity index (χ4v) is 2.76. The van der Waals surface area contributed by atoms with Crippen LogP contribution in [-0.2, 0) is 11.2 Å². The molecule has 0 spiro atoms. The molecule has 0 unspecified atom stereocenters. The van der Waals surface area contributed by atoms with Gasteiger partial charge in [-0.15, -0.1) is 0 Å². The predicted octanol–water partition coefficient (Wildman–Crippen LogP) is 3.45. The number of aromatic nitrogens is 2. The van der Waals surface area contributed by atoms with E-state index in [4.69, 9.17) is 10.5 Å². The summed E-state index contributed by atoms with van der Waals surface area (Å²) >= 11 is 0. The van der Waals surface area contributed by atoms with Crippen LogP contribution in [0.15, 0.2) is 54.7 Å². The zero-order chi connectivity index (χ0) is 20.1. The Hall–Kier alpha value is -3.61. The summed E-state index contributed by atoms with van der Waals surface area (Å²) in [6, 6.07) is 14.5. The number of nitrogen functional groups attached to an aromatic ring is 1. The van der Waals surface area contributed by atoms with Gasteiger partial charge in [0.1, 0.15) is 11.4 Å². The Morgan fingerprint density at radius 1 is 1.14 bits per heavy atom. The summed E-state index contributed by atoms with van der Waals surface area (Å²) in [5, 5.41) is 7.03. The molecule has 0 bridgehead atoms. The molecule has 0 fully saturated rings. The fourth-order valence-electron chi connectivity index (χ4n) is 2.76. The minimum atomic E-state index is -0.517. The summed E-state index contributed by atoms with van der Waals surface area (Å²) < 4.78 is 6.39. The highest BCUT2D eigenvalue weighted by molar-refractivity contribution is 6.04. The maximum Gasteiger partial charge on any atom is 0.343 e. The van der Waals surface area contributed by atoms with E-state index in [-0.39, 0.29) is 23.9 Å². The number of anilines is 2. The Balaban J connectivity index is 1.76. The molecule has 144 valence electrons. The van der Waals surface area contributed by atoms with Crippen molar-refractivity contribution in [3.8, 4) is 5.69 Å². The minimum absolute atomic E-state index is 0.187. The zero-order valence-corrected chi connectivity index (χ0v) is 15.8. The van der Waals surface area contributed by atoms with Crippen LogP contribution in [0.2, 0.25) is 0 Å². The van der Waals surface area contributed by atoms with Crippen LogP contribution in [0.3, 0.4) is 0 Å². The molecule has 1 heterocycles. The van der Waals surface area contributed by atoms with E-state index in [1.165, 1.54) is 10.9 Å². The Labute approximate surface area is 163 Å². The van der Waals surface area contributed by atoms with Gasteiger partial charge in [-0.3, -0.25) is 4.79 Å². The number of amides is 1. The number of hydrogen-bond donors (Lipinski definition) is 2. The molecule has 0 saturated heterocycles. The van der Waals surface area contributed by atoms with Gasteiger partial charge < -0.3 is 15.8 Å². The molecule has 1 aromatic heterocycles. The zero-order valence-electron chi connectivity index (χ0n) is 15.8. The molecule has 0 aliphatic heterocycles. The van der Waals surface area contributed by atoms with Gasteiger partial charge in [0.15, 0.2) is 0 Å². The third kappa shape index (κ3) is 4.03. The van der Waals surface area contributed by atoms with E-state index in [9.17, 15) is 9.59 Å². The van der Waals surface area contributed by atoms with Gasteiger partial charge >= 0.3 is 5.97 Å². The van der Waals surface area contributed by atoms with Gasteiger partial charge in [-0.2, -0.15) is 5.10 Å². The van der Waals surface area contributed by atoms with E-state index in [2.05, 4.69) is 17.3 Å². The van der Waals surface area contributed by atoms with E-state index in [0.29, 0.717) is 11.3 Å². The smallest absolute Gasteiger partial charge is 0.343 e. The van der Waals surface area contributed by atoms with Crippen molar-refractivity contribution < 1.29 is 14.3 Å². The summed E-state index contributed by atoms with van der Waals surface area (Å²) in [6.07, 6.45) is 2.27. The molecule has 2 aromatic carbocycles. The lowest BCUT2D eigenvalue weighted by Crippen LogP contribution is -2.12. The van der Waals surface area contributed by atoms with Crippen molar-refractivity contribution in [1.29, 1.82) is 0 Å². The van der Waals surface area contributed by atoms with E-state index < -0.39 is 5.97 Å². The first kappa shape index (κ1) is 19.2.